The Kier molecular flexibility index (Phi) is 5.22. The van der Waals surface area contributed by atoms with Gasteiger partial charge in [0.15, 0.2) is 0 Å². The molecule has 0 spiro atoms. The third kappa shape index (κ3) is 4.23. The van der Waals surface area contributed by atoms with Crippen molar-refractivity contribution in [2.75, 3.05) is 23.8 Å². The Morgan fingerprint density at radius 3 is 2.76 bits per heavy atom. The van der Waals surface area contributed by atoms with Gasteiger partial charge in [0.25, 0.3) is 0 Å². The molecule has 0 fully saturated rings. The number of aromatic nitrogens is 1. The first kappa shape index (κ1) is 13.8. The number of hydrogen-bond donors (Lipinski definition) is 3. The minimum absolute atomic E-state index is 0.0699. The van der Waals surface area contributed by atoms with Gasteiger partial charge in [-0.2, -0.15) is 0 Å². The van der Waals surface area contributed by atoms with Crippen molar-refractivity contribution in [3.05, 3.63) is 18.3 Å². The van der Waals surface area contributed by atoms with E-state index in [4.69, 9.17) is 5.11 Å². The van der Waals surface area contributed by atoms with E-state index < -0.39 is 0 Å². The zero-order valence-electron chi connectivity index (χ0n) is 11.0. The van der Waals surface area contributed by atoms with E-state index >= 15 is 0 Å². The van der Waals surface area contributed by atoms with E-state index in [-0.39, 0.29) is 12.1 Å². The van der Waals surface area contributed by atoms with E-state index in [9.17, 15) is 0 Å². The lowest BCUT2D eigenvalue weighted by atomic mass is 9.94. The number of nitrogens with one attached hydrogen (secondary N) is 2. The third-order valence-electron chi connectivity index (χ3n) is 3.01. The summed E-state index contributed by atoms with van der Waals surface area (Å²) in [5, 5.41) is 15.7. The standard InChI is InChI=1S/C13H23N3O/c1-4-13(3,7-9-17)16-11-6-8-15-12(10-11)14-5-2/h6,8,10,17H,4-5,7,9H2,1-3H3,(H2,14,15,16). The fraction of sp³-hybridized carbons (Fsp3) is 0.615. The van der Waals surface area contributed by atoms with Gasteiger partial charge in [-0.3, -0.25) is 0 Å². The monoisotopic (exact) mass is 237 g/mol. The topological polar surface area (TPSA) is 57.2 Å². The highest BCUT2D eigenvalue weighted by Gasteiger charge is 2.20. The lowest BCUT2D eigenvalue weighted by Gasteiger charge is -2.30. The SMILES string of the molecule is CCNc1cc(NC(C)(CC)CCO)ccn1. The van der Waals surface area contributed by atoms with Crippen LogP contribution in [0, 0.1) is 0 Å². The molecule has 0 aliphatic rings. The first-order chi connectivity index (χ1) is 8.13. The molecular formula is C13H23N3O. The molecule has 0 aliphatic heterocycles. The second kappa shape index (κ2) is 6.45. The molecule has 1 unspecified atom stereocenters. The Balaban J connectivity index is 2.75. The Hall–Kier alpha value is -1.29. The molecule has 4 heteroatoms. The maximum atomic E-state index is 9.09. The third-order valence-corrected chi connectivity index (χ3v) is 3.01. The van der Waals surface area contributed by atoms with E-state index in [1.807, 2.05) is 19.1 Å². The molecule has 0 aliphatic carbocycles. The minimum Gasteiger partial charge on any atom is -0.396 e. The van der Waals surface area contributed by atoms with Crippen molar-refractivity contribution in [3.63, 3.8) is 0 Å². The molecule has 1 rings (SSSR count). The smallest absolute Gasteiger partial charge is 0.127 e. The van der Waals surface area contributed by atoms with Crippen LogP contribution in [0.4, 0.5) is 11.5 Å². The normalized spacial score (nSPS) is 14.1. The summed E-state index contributed by atoms with van der Waals surface area (Å²) in [6.07, 6.45) is 3.49. The molecule has 1 heterocycles. The Bertz CT molecular complexity index is 343. The average Bonchev–Trinajstić information content (AvgIpc) is 2.30. The molecule has 1 atom stereocenters. The van der Waals surface area contributed by atoms with Crippen molar-refractivity contribution < 1.29 is 5.11 Å². The summed E-state index contributed by atoms with van der Waals surface area (Å²) in [5.41, 5.74) is 0.966. The summed E-state index contributed by atoms with van der Waals surface area (Å²) < 4.78 is 0. The summed E-state index contributed by atoms with van der Waals surface area (Å²) in [6.45, 7) is 7.34. The van der Waals surface area contributed by atoms with Gasteiger partial charge in [0.05, 0.1) is 0 Å². The van der Waals surface area contributed by atoms with Crippen molar-refractivity contribution in [1.29, 1.82) is 0 Å². The van der Waals surface area contributed by atoms with Crippen LogP contribution in [-0.2, 0) is 0 Å². The Labute approximate surface area is 103 Å². The van der Waals surface area contributed by atoms with Gasteiger partial charge in [-0.1, -0.05) is 6.92 Å². The van der Waals surface area contributed by atoms with Gasteiger partial charge in [-0.15, -0.1) is 0 Å². The molecule has 0 saturated carbocycles. The number of nitrogens with zero attached hydrogens (tertiary/aromatic N) is 1. The van der Waals surface area contributed by atoms with Crippen LogP contribution in [0.25, 0.3) is 0 Å². The maximum absolute atomic E-state index is 9.09. The number of hydrogen-bond acceptors (Lipinski definition) is 4. The molecular weight excluding hydrogens is 214 g/mol. The molecule has 4 nitrogen and oxygen atoms in total. The highest BCUT2D eigenvalue weighted by Crippen LogP contribution is 2.22. The second-order valence-electron chi connectivity index (χ2n) is 4.47. The van der Waals surface area contributed by atoms with Crippen molar-refractivity contribution >= 4 is 11.5 Å². The lowest BCUT2D eigenvalue weighted by molar-refractivity contribution is 0.252. The largest absolute Gasteiger partial charge is 0.396 e. The van der Waals surface area contributed by atoms with Crippen LogP contribution < -0.4 is 10.6 Å². The van der Waals surface area contributed by atoms with Gasteiger partial charge >= 0.3 is 0 Å². The predicted molar refractivity (Wildman–Crippen MR) is 72.4 cm³/mol. The zero-order chi connectivity index (χ0) is 12.7. The van der Waals surface area contributed by atoms with E-state index in [1.54, 1.807) is 6.20 Å². The van der Waals surface area contributed by atoms with E-state index in [0.717, 1.165) is 30.9 Å². The van der Waals surface area contributed by atoms with E-state index in [1.165, 1.54) is 0 Å². The summed E-state index contributed by atoms with van der Waals surface area (Å²) in [7, 11) is 0. The Morgan fingerprint density at radius 1 is 1.41 bits per heavy atom. The fourth-order valence-electron chi connectivity index (χ4n) is 1.71. The second-order valence-corrected chi connectivity index (χ2v) is 4.47. The van der Waals surface area contributed by atoms with Gasteiger partial charge in [0.2, 0.25) is 0 Å². The Morgan fingerprint density at radius 2 is 2.18 bits per heavy atom. The molecule has 0 amide bonds. The number of aliphatic hydroxyl groups excluding tert-OH is 1. The van der Waals surface area contributed by atoms with Crippen molar-refractivity contribution in [2.24, 2.45) is 0 Å². The molecule has 3 N–H and O–H groups in total. The minimum atomic E-state index is -0.0699. The molecule has 96 valence electrons. The number of anilines is 2. The quantitative estimate of drug-likeness (QED) is 0.682. The number of pyridine rings is 1. The average molecular weight is 237 g/mol. The maximum Gasteiger partial charge on any atom is 0.127 e. The molecule has 0 bridgehead atoms. The summed E-state index contributed by atoms with van der Waals surface area (Å²) in [6, 6.07) is 3.95. The molecule has 17 heavy (non-hydrogen) atoms. The highest BCUT2D eigenvalue weighted by atomic mass is 16.3. The highest BCUT2D eigenvalue weighted by molar-refractivity contribution is 5.53. The number of rotatable bonds is 7. The van der Waals surface area contributed by atoms with E-state index in [0.29, 0.717) is 0 Å². The van der Waals surface area contributed by atoms with Gasteiger partial charge < -0.3 is 15.7 Å². The van der Waals surface area contributed by atoms with Crippen molar-refractivity contribution in [3.8, 4) is 0 Å². The van der Waals surface area contributed by atoms with Crippen LogP contribution in [0.2, 0.25) is 0 Å². The fourth-order valence-corrected chi connectivity index (χ4v) is 1.71. The van der Waals surface area contributed by atoms with Gasteiger partial charge in [0.1, 0.15) is 5.82 Å². The molecule has 0 radical (unpaired) electrons. The van der Waals surface area contributed by atoms with Gasteiger partial charge in [-0.25, -0.2) is 4.98 Å². The van der Waals surface area contributed by atoms with Crippen LogP contribution in [-0.4, -0.2) is 28.8 Å². The van der Waals surface area contributed by atoms with Crippen LogP contribution >= 0.6 is 0 Å². The lowest BCUT2D eigenvalue weighted by Crippen LogP contribution is -2.35. The van der Waals surface area contributed by atoms with Crippen LogP contribution in [0.5, 0.6) is 0 Å². The zero-order valence-corrected chi connectivity index (χ0v) is 11.0. The summed E-state index contributed by atoms with van der Waals surface area (Å²) in [4.78, 5) is 4.23. The summed E-state index contributed by atoms with van der Waals surface area (Å²) in [5.74, 6) is 0.875. The molecule has 0 saturated heterocycles. The van der Waals surface area contributed by atoms with Gasteiger partial charge in [-0.05, 0) is 32.8 Å². The van der Waals surface area contributed by atoms with Crippen LogP contribution in [0.15, 0.2) is 18.3 Å². The number of aliphatic hydroxyl groups is 1. The van der Waals surface area contributed by atoms with Gasteiger partial charge in [0, 0.05) is 36.6 Å². The van der Waals surface area contributed by atoms with Crippen LogP contribution in [0.3, 0.4) is 0 Å². The first-order valence-electron chi connectivity index (χ1n) is 6.22. The van der Waals surface area contributed by atoms with Crippen LogP contribution in [0.1, 0.15) is 33.6 Å². The summed E-state index contributed by atoms with van der Waals surface area (Å²) >= 11 is 0. The molecule has 1 aromatic rings. The molecule has 1 aromatic heterocycles. The molecule has 0 aromatic carbocycles. The first-order valence-corrected chi connectivity index (χ1v) is 6.22. The van der Waals surface area contributed by atoms with E-state index in [2.05, 4.69) is 29.5 Å². The van der Waals surface area contributed by atoms with Crippen molar-refractivity contribution in [1.82, 2.24) is 4.98 Å². The van der Waals surface area contributed by atoms with Crippen molar-refractivity contribution in [2.45, 2.75) is 39.2 Å². The predicted octanol–water partition coefficient (Wildman–Crippen LogP) is 2.48.